The molecule has 2 heterocycles. The third kappa shape index (κ3) is 4.21. The van der Waals surface area contributed by atoms with Gasteiger partial charge in [0.15, 0.2) is 6.10 Å². The van der Waals surface area contributed by atoms with E-state index >= 15 is 0 Å². The van der Waals surface area contributed by atoms with E-state index in [4.69, 9.17) is 4.74 Å². The van der Waals surface area contributed by atoms with Crippen molar-refractivity contribution in [3.63, 3.8) is 0 Å². The lowest BCUT2D eigenvalue weighted by Crippen LogP contribution is -2.29. The van der Waals surface area contributed by atoms with Gasteiger partial charge in [-0.15, -0.1) is 11.3 Å². The fraction of sp³-hybridized carbons (Fsp3) is 0.136. The average Bonchev–Trinajstić information content (AvgIpc) is 3.35. The Kier molecular flexibility index (Phi) is 5.69. The summed E-state index contributed by atoms with van der Waals surface area (Å²) in [5.41, 5.74) is 1.74. The highest BCUT2D eigenvalue weighted by molar-refractivity contribution is 7.20. The third-order valence-electron chi connectivity index (χ3n) is 4.72. The Labute approximate surface area is 186 Å². The highest BCUT2D eigenvalue weighted by Gasteiger charge is 2.23. The van der Waals surface area contributed by atoms with Gasteiger partial charge in [-0.25, -0.2) is 9.48 Å². The molecular weight excluding hydrogens is 432 g/mol. The van der Waals surface area contributed by atoms with Gasteiger partial charge in [0.2, 0.25) is 0 Å². The minimum Gasteiger partial charge on any atom is -0.448 e. The number of nitro benzene ring substituents is 1. The van der Waals surface area contributed by atoms with Crippen LogP contribution in [0.5, 0.6) is 0 Å². The van der Waals surface area contributed by atoms with Crippen molar-refractivity contribution in [1.82, 2.24) is 9.78 Å². The van der Waals surface area contributed by atoms with Crippen LogP contribution in [0.15, 0.2) is 60.7 Å². The molecule has 0 aliphatic heterocycles. The largest absolute Gasteiger partial charge is 0.448 e. The van der Waals surface area contributed by atoms with Gasteiger partial charge >= 0.3 is 5.97 Å². The molecule has 0 aliphatic rings. The van der Waals surface area contributed by atoms with Crippen LogP contribution >= 0.6 is 11.3 Å². The Hall–Kier alpha value is -4.05. The molecule has 162 valence electrons. The summed E-state index contributed by atoms with van der Waals surface area (Å²) in [6.07, 6.45) is -1.10. The van der Waals surface area contributed by atoms with Crippen LogP contribution < -0.4 is 5.32 Å². The number of hydrogen-bond acceptors (Lipinski definition) is 7. The molecule has 1 atom stereocenters. The maximum atomic E-state index is 12.7. The van der Waals surface area contributed by atoms with Gasteiger partial charge in [0.05, 0.1) is 16.3 Å². The van der Waals surface area contributed by atoms with E-state index in [0.717, 1.165) is 21.6 Å². The zero-order chi connectivity index (χ0) is 22.8. The summed E-state index contributed by atoms with van der Waals surface area (Å²) >= 11 is 1.23. The number of fused-ring (bicyclic) bond motifs is 1. The first-order valence-corrected chi connectivity index (χ1v) is 10.5. The molecule has 1 N–H and O–H groups in total. The number of aromatic nitrogens is 2. The monoisotopic (exact) mass is 450 g/mol. The molecule has 0 bridgehead atoms. The number of aryl methyl sites for hydroxylation is 1. The second kappa shape index (κ2) is 8.60. The molecule has 4 rings (SSSR count). The molecule has 0 spiro atoms. The van der Waals surface area contributed by atoms with Crippen molar-refractivity contribution >= 4 is 44.8 Å². The Bertz CT molecular complexity index is 1330. The van der Waals surface area contributed by atoms with Gasteiger partial charge < -0.3 is 10.1 Å². The normalized spacial score (nSPS) is 11.8. The molecule has 1 amide bonds. The van der Waals surface area contributed by atoms with Crippen LogP contribution in [0.2, 0.25) is 0 Å². The molecule has 10 heteroatoms. The van der Waals surface area contributed by atoms with Crippen molar-refractivity contribution in [2.75, 3.05) is 5.32 Å². The third-order valence-corrected chi connectivity index (χ3v) is 5.81. The average molecular weight is 450 g/mol. The SMILES string of the molecule is Cc1nn(-c2ccccc2)c2sc(C(=O)OC(C)C(=O)Nc3cccc([N+](=O)[O-])c3)cc12. The molecule has 2 aromatic carbocycles. The molecule has 0 saturated heterocycles. The lowest BCUT2D eigenvalue weighted by Gasteiger charge is -2.13. The lowest BCUT2D eigenvalue weighted by molar-refractivity contribution is -0.384. The smallest absolute Gasteiger partial charge is 0.349 e. The first-order chi connectivity index (χ1) is 15.3. The van der Waals surface area contributed by atoms with Gasteiger partial charge in [-0.3, -0.25) is 14.9 Å². The van der Waals surface area contributed by atoms with Crippen molar-refractivity contribution < 1.29 is 19.2 Å². The lowest BCUT2D eigenvalue weighted by atomic mass is 10.2. The number of amides is 1. The second-order valence-electron chi connectivity index (χ2n) is 7.01. The molecule has 0 aliphatic carbocycles. The zero-order valence-corrected chi connectivity index (χ0v) is 18.0. The minimum absolute atomic E-state index is 0.152. The van der Waals surface area contributed by atoms with E-state index in [9.17, 15) is 19.7 Å². The summed E-state index contributed by atoms with van der Waals surface area (Å²) in [6.45, 7) is 3.30. The number of nitrogens with one attached hydrogen (secondary N) is 1. The molecule has 9 nitrogen and oxygen atoms in total. The fourth-order valence-corrected chi connectivity index (χ4v) is 4.17. The zero-order valence-electron chi connectivity index (χ0n) is 17.1. The number of nitrogens with zero attached hydrogens (tertiary/aromatic N) is 3. The summed E-state index contributed by atoms with van der Waals surface area (Å²) in [5, 5.41) is 18.8. The number of thiophene rings is 1. The van der Waals surface area contributed by atoms with Crippen molar-refractivity contribution in [3.8, 4) is 5.69 Å². The number of rotatable bonds is 6. The molecule has 0 radical (unpaired) electrons. The number of para-hydroxylation sites is 1. The van der Waals surface area contributed by atoms with Crippen molar-refractivity contribution in [2.45, 2.75) is 20.0 Å². The van der Waals surface area contributed by atoms with Crippen LogP contribution in [-0.4, -0.2) is 32.7 Å². The number of anilines is 1. The fourth-order valence-electron chi connectivity index (χ4n) is 3.11. The predicted molar refractivity (Wildman–Crippen MR) is 120 cm³/mol. The van der Waals surface area contributed by atoms with Crippen LogP contribution in [0, 0.1) is 17.0 Å². The molecule has 32 heavy (non-hydrogen) atoms. The molecule has 1 unspecified atom stereocenters. The maximum absolute atomic E-state index is 12.7. The molecule has 2 aromatic heterocycles. The number of benzene rings is 2. The Balaban J connectivity index is 1.49. The maximum Gasteiger partial charge on any atom is 0.349 e. The van der Waals surface area contributed by atoms with E-state index in [1.54, 1.807) is 10.7 Å². The van der Waals surface area contributed by atoms with Crippen molar-refractivity contribution in [2.24, 2.45) is 0 Å². The molecule has 0 saturated carbocycles. The second-order valence-corrected chi connectivity index (χ2v) is 8.04. The Morgan fingerprint density at radius 2 is 1.91 bits per heavy atom. The number of non-ortho nitro benzene ring substituents is 1. The predicted octanol–water partition coefficient (Wildman–Crippen LogP) is 4.49. The number of carbonyl (C=O) groups excluding carboxylic acids is 2. The van der Waals surface area contributed by atoms with Crippen LogP contribution in [-0.2, 0) is 9.53 Å². The topological polar surface area (TPSA) is 116 Å². The van der Waals surface area contributed by atoms with E-state index in [-0.39, 0.29) is 11.4 Å². The van der Waals surface area contributed by atoms with Crippen LogP contribution in [0.3, 0.4) is 0 Å². The Morgan fingerprint density at radius 3 is 2.62 bits per heavy atom. The van der Waals surface area contributed by atoms with Gasteiger partial charge in [-0.05, 0) is 38.1 Å². The quantitative estimate of drug-likeness (QED) is 0.263. The summed E-state index contributed by atoms with van der Waals surface area (Å²) in [6, 6.07) is 16.8. The van der Waals surface area contributed by atoms with Crippen LogP contribution in [0.4, 0.5) is 11.4 Å². The van der Waals surface area contributed by atoms with Crippen LogP contribution in [0.1, 0.15) is 22.3 Å². The number of carbonyl (C=O) groups is 2. The van der Waals surface area contributed by atoms with E-state index in [2.05, 4.69) is 10.4 Å². The first-order valence-electron chi connectivity index (χ1n) is 9.64. The van der Waals surface area contributed by atoms with E-state index in [0.29, 0.717) is 4.88 Å². The Morgan fingerprint density at radius 1 is 1.16 bits per heavy atom. The molecular formula is C22H18N4O5S. The van der Waals surface area contributed by atoms with Gasteiger partial charge in [-0.2, -0.15) is 5.10 Å². The van der Waals surface area contributed by atoms with E-state index in [1.165, 1.54) is 42.5 Å². The van der Waals surface area contributed by atoms with Gasteiger partial charge in [0, 0.05) is 23.2 Å². The van der Waals surface area contributed by atoms with Crippen LogP contribution in [0.25, 0.3) is 15.9 Å². The summed E-state index contributed by atoms with van der Waals surface area (Å²) in [4.78, 5) is 36.6. The summed E-state index contributed by atoms with van der Waals surface area (Å²) < 4.78 is 7.10. The number of hydrogen-bond donors (Lipinski definition) is 1. The highest BCUT2D eigenvalue weighted by atomic mass is 32.1. The molecule has 4 aromatic rings. The standard InChI is InChI=1S/C22H18N4O5S/c1-13-18-12-19(32-21(18)25(24-13)16-8-4-3-5-9-16)22(28)31-14(2)20(27)23-15-7-6-10-17(11-15)26(29)30/h3-12,14H,1-2H3,(H,23,27). The van der Waals surface area contributed by atoms with Gasteiger partial charge in [0.1, 0.15) is 9.71 Å². The summed E-state index contributed by atoms with van der Waals surface area (Å²) in [5.74, 6) is -1.22. The van der Waals surface area contributed by atoms with Gasteiger partial charge in [-0.1, -0.05) is 24.3 Å². The van der Waals surface area contributed by atoms with Gasteiger partial charge in [0.25, 0.3) is 11.6 Å². The number of ether oxygens (including phenoxy) is 1. The number of esters is 1. The molecule has 0 fully saturated rings. The first kappa shape index (κ1) is 21.2. The minimum atomic E-state index is -1.10. The summed E-state index contributed by atoms with van der Waals surface area (Å²) in [7, 11) is 0. The highest BCUT2D eigenvalue weighted by Crippen LogP contribution is 2.31. The number of nitro groups is 1. The van der Waals surface area contributed by atoms with Crippen molar-refractivity contribution in [3.05, 3.63) is 81.3 Å². The van der Waals surface area contributed by atoms with Crippen molar-refractivity contribution in [1.29, 1.82) is 0 Å². The van der Waals surface area contributed by atoms with E-state index in [1.807, 2.05) is 37.3 Å². The van der Waals surface area contributed by atoms with E-state index < -0.39 is 22.9 Å².